The van der Waals surface area contributed by atoms with Gasteiger partial charge in [0.2, 0.25) is 11.8 Å². The number of rotatable bonds is 11. The van der Waals surface area contributed by atoms with Crippen LogP contribution < -0.4 is 10.1 Å². The summed E-state index contributed by atoms with van der Waals surface area (Å²) in [6, 6.07) is 6.95. The average molecular weight is 460 g/mol. The van der Waals surface area contributed by atoms with Gasteiger partial charge in [-0.1, -0.05) is 18.3 Å². The van der Waals surface area contributed by atoms with Crippen molar-refractivity contribution in [3.63, 3.8) is 0 Å². The number of nitrogens with one attached hydrogen (secondary N) is 1. The number of thioether (sulfide) groups is 1. The van der Waals surface area contributed by atoms with Gasteiger partial charge in [0.05, 0.1) is 28.5 Å². The van der Waals surface area contributed by atoms with Crippen molar-refractivity contribution in [2.45, 2.75) is 49.5 Å². The van der Waals surface area contributed by atoms with E-state index in [4.69, 9.17) is 9.15 Å². The summed E-state index contributed by atoms with van der Waals surface area (Å²) < 4.78 is 12.0. The van der Waals surface area contributed by atoms with Crippen LogP contribution in [0.1, 0.15) is 60.9 Å². The van der Waals surface area contributed by atoms with Gasteiger partial charge in [-0.05, 0) is 38.1 Å². The van der Waals surface area contributed by atoms with Gasteiger partial charge in [-0.3, -0.25) is 9.59 Å². The standard InChI is InChI=1S/C22H25N3O4S2/c1-4-16-12-23-21(29-16)14(3)30-20-13-24-22(31-20)25-19(27)11-10-18(26)15-6-8-17(9-7-15)28-5-2/h6-9,12-14H,4-5,10-11H2,1-3H3,(H,24,25,27). The van der Waals surface area contributed by atoms with E-state index in [0.29, 0.717) is 23.2 Å². The molecule has 2 aromatic heterocycles. The number of ether oxygens (including phenoxy) is 1. The number of hydrogen-bond acceptors (Lipinski definition) is 8. The second-order valence-corrected chi connectivity index (χ2v) is 9.36. The molecule has 0 aliphatic carbocycles. The minimum Gasteiger partial charge on any atom is -0.494 e. The topological polar surface area (TPSA) is 94.3 Å². The van der Waals surface area contributed by atoms with Crippen LogP contribution in [0.25, 0.3) is 0 Å². The molecule has 1 aromatic carbocycles. The quantitative estimate of drug-likeness (QED) is 0.297. The molecular weight excluding hydrogens is 434 g/mol. The van der Waals surface area contributed by atoms with E-state index < -0.39 is 0 Å². The lowest BCUT2D eigenvalue weighted by Gasteiger charge is -2.05. The number of amides is 1. The third-order valence-electron chi connectivity index (χ3n) is 4.36. The van der Waals surface area contributed by atoms with Crippen LogP contribution in [-0.4, -0.2) is 28.3 Å². The molecule has 3 aromatic rings. The fraction of sp³-hybridized carbons (Fsp3) is 0.364. The maximum absolute atomic E-state index is 12.3. The number of benzene rings is 1. The molecule has 31 heavy (non-hydrogen) atoms. The number of nitrogens with zero attached hydrogens (tertiary/aromatic N) is 2. The van der Waals surface area contributed by atoms with Crippen molar-refractivity contribution >= 4 is 39.9 Å². The van der Waals surface area contributed by atoms with Gasteiger partial charge in [0.25, 0.3) is 0 Å². The predicted molar refractivity (Wildman–Crippen MR) is 122 cm³/mol. The zero-order chi connectivity index (χ0) is 22.2. The first kappa shape index (κ1) is 23.0. The fourth-order valence-electron chi connectivity index (χ4n) is 2.73. The molecule has 3 rings (SSSR count). The van der Waals surface area contributed by atoms with Gasteiger partial charge in [-0.25, -0.2) is 9.97 Å². The molecule has 164 valence electrons. The molecule has 0 fully saturated rings. The molecule has 1 unspecified atom stereocenters. The van der Waals surface area contributed by atoms with Gasteiger partial charge in [0.15, 0.2) is 10.9 Å². The second-order valence-electron chi connectivity index (χ2n) is 6.69. The average Bonchev–Trinajstić information content (AvgIpc) is 3.42. The highest BCUT2D eigenvalue weighted by atomic mass is 32.2. The molecule has 1 N–H and O–H groups in total. The predicted octanol–water partition coefficient (Wildman–Crippen LogP) is 5.55. The van der Waals surface area contributed by atoms with Gasteiger partial charge < -0.3 is 14.5 Å². The van der Waals surface area contributed by atoms with Crippen molar-refractivity contribution < 1.29 is 18.7 Å². The highest BCUT2D eigenvalue weighted by Crippen LogP contribution is 2.38. The minimum absolute atomic E-state index is 0.0380. The van der Waals surface area contributed by atoms with E-state index in [-0.39, 0.29) is 29.8 Å². The maximum Gasteiger partial charge on any atom is 0.226 e. The SMILES string of the molecule is CCOc1ccc(C(=O)CCC(=O)Nc2ncc(SC(C)c3ncc(CC)o3)s2)cc1. The lowest BCUT2D eigenvalue weighted by Crippen LogP contribution is -2.13. The smallest absolute Gasteiger partial charge is 0.226 e. The monoisotopic (exact) mass is 459 g/mol. The van der Waals surface area contributed by atoms with Crippen LogP contribution in [0.2, 0.25) is 0 Å². The number of ketones is 1. The Morgan fingerprint density at radius 2 is 1.94 bits per heavy atom. The first-order valence-electron chi connectivity index (χ1n) is 10.1. The Labute approximate surface area is 189 Å². The molecule has 2 heterocycles. The summed E-state index contributed by atoms with van der Waals surface area (Å²) in [7, 11) is 0. The summed E-state index contributed by atoms with van der Waals surface area (Å²) in [5, 5.41) is 3.31. The number of hydrogen-bond donors (Lipinski definition) is 1. The molecule has 0 saturated carbocycles. The summed E-state index contributed by atoms with van der Waals surface area (Å²) >= 11 is 2.96. The van der Waals surface area contributed by atoms with E-state index in [0.717, 1.165) is 22.1 Å². The lowest BCUT2D eigenvalue weighted by atomic mass is 10.1. The van der Waals surface area contributed by atoms with Crippen LogP contribution in [0, 0.1) is 0 Å². The van der Waals surface area contributed by atoms with E-state index in [1.807, 2.05) is 20.8 Å². The van der Waals surface area contributed by atoms with Crippen molar-refractivity contribution in [2.24, 2.45) is 0 Å². The van der Waals surface area contributed by atoms with Crippen molar-refractivity contribution in [3.8, 4) is 5.75 Å². The number of anilines is 1. The number of thiazole rings is 1. The zero-order valence-electron chi connectivity index (χ0n) is 17.7. The number of Topliss-reactive ketones (excluding diaryl/α,β-unsaturated/α-hetero) is 1. The van der Waals surface area contributed by atoms with Crippen LogP contribution in [-0.2, 0) is 11.2 Å². The van der Waals surface area contributed by atoms with Crippen LogP contribution >= 0.6 is 23.1 Å². The summed E-state index contributed by atoms with van der Waals surface area (Å²) in [5.74, 6) is 1.93. The Hall–Kier alpha value is -2.65. The summed E-state index contributed by atoms with van der Waals surface area (Å²) in [6.45, 7) is 6.51. The van der Waals surface area contributed by atoms with Crippen molar-refractivity contribution in [2.75, 3.05) is 11.9 Å². The lowest BCUT2D eigenvalue weighted by molar-refractivity contribution is -0.116. The van der Waals surface area contributed by atoms with Crippen molar-refractivity contribution in [1.29, 1.82) is 0 Å². The minimum atomic E-state index is -0.237. The third kappa shape index (κ3) is 6.67. The molecular formula is C22H25N3O4S2. The van der Waals surface area contributed by atoms with E-state index in [1.165, 1.54) is 11.3 Å². The summed E-state index contributed by atoms with van der Waals surface area (Å²) in [6.07, 6.45) is 4.51. The first-order chi connectivity index (χ1) is 15.0. The van der Waals surface area contributed by atoms with Crippen LogP contribution in [0.5, 0.6) is 5.75 Å². The fourth-order valence-corrected chi connectivity index (χ4v) is 4.83. The zero-order valence-corrected chi connectivity index (χ0v) is 19.3. The summed E-state index contributed by atoms with van der Waals surface area (Å²) in [5.41, 5.74) is 0.566. The van der Waals surface area contributed by atoms with Crippen LogP contribution in [0.15, 0.2) is 45.3 Å². The molecule has 9 heteroatoms. The number of aryl methyl sites for hydroxylation is 1. The van der Waals surface area contributed by atoms with Crippen LogP contribution in [0.3, 0.4) is 0 Å². The molecule has 0 bridgehead atoms. The molecule has 0 radical (unpaired) electrons. The molecule has 0 saturated heterocycles. The van der Waals surface area contributed by atoms with Gasteiger partial charge in [-0.15, -0.1) is 11.8 Å². The van der Waals surface area contributed by atoms with Gasteiger partial charge in [0.1, 0.15) is 11.5 Å². The van der Waals surface area contributed by atoms with E-state index in [2.05, 4.69) is 15.3 Å². The number of carbonyl (C=O) groups excluding carboxylic acids is 2. The molecule has 0 aliphatic heterocycles. The maximum atomic E-state index is 12.3. The Morgan fingerprint density at radius 3 is 2.61 bits per heavy atom. The molecule has 0 aliphatic rings. The number of oxazole rings is 1. The van der Waals surface area contributed by atoms with Crippen molar-refractivity contribution in [3.05, 3.63) is 53.9 Å². The number of carbonyl (C=O) groups is 2. The van der Waals surface area contributed by atoms with Gasteiger partial charge >= 0.3 is 0 Å². The summed E-state index contributed by atoms with van der Waals surface area (Å²) in [4.78, 5) is 33.1. The first-order valence-corrected chi connectivity index (χ1v) is 11.8. The van der Waals surface area contributed by atoms with Gasteiger partial charge in [-0.2, -0.15) is 0 Å². The Bertz CT molecular complexity index is 1010. The van der Waals surface area contributed by atoms with Gasteiger partial charge in [0, 0.05) is 24.8 Å². The highest BCUT2D eigenvalue weighted by molar-refractivity contribution is 8.01. The third-order valence-corrected chi connectivity index (χ3v) is 6.50. The molecule has 1 amide bonds. The molecule has 1 atom stereocenters. The highest BCUT2D eigenvalue weighted by Gasteiger charge is 2.16. The molecule has 0 spiro atoms. The molecule has 7 nitrogen and oxygen atoms in total. The van der Waals surface area contributed by atoms with Crippen molar-refractivity contribution in [1.82, 2.24) is 9.97 Å². The van der Waals surface area contributed by atoms with E-state index in [1.54, 1.807) is 48.4 Å². The number of aromatic nitrogens is 2. The van der Waals surface area contributed by atoms with E-state index in [9.17, 15) is 9.59 Å². The van der Waals surface area contributed by atoms with E-state index >= 15 is 0 Å². The Balaban J connectivity index is 1.46. The van der Waals surface area contributed by atoms with Crippen LogP contribution in [0.4, 0.5) is 5.13 Å². The Kier molecular flexibility index (Phi) is 8.25. The Morgan fingerprint density at radius 1 is 1.16 bits per heavy atom. The normalized spacial score (nSPS) is 11.8. The second kappa shape index (κ2) is 11.1. The largest absolute Gasteiger partial charge is 0.494 e.